The van der Waals surface area contributed by atoms with E-state index < -0.39 is 5.97 Å². The Balaban J connectivity index is 0. The molecule has 0 aromatic rings. The van der Waals surface area contributed by atoms with Gasteiger partial charge in [0.2, 0.25) is 6.41 Å². The summed E-state index contributed by atoms with van der Waals surface area (Å²) < 4.78 is 0. The molecule has 42 valence electrons. The topological polar surface area (TPSA) is 80.4 Å². The van der Waals surface area contributed by atoms with E-state index >= 15 is 0 Å². The van der Waals surface area contributed by atoms with Gasteiger partial charge >= 0.3 is 0 Å². The van der Waals surface area contributed by atoms with E-state index in [9.17, 15) is 0 Å². The van der Waals surface area contributed by atoms with E-state index in [-0.39, 0.29) is 6.41 Å². The molecule has 0 heterocycles. The molecular weight excluding hydrogens is 98.0 g/mol. The summed E-state index contributed by atoms with van der Waals surface area (Å²) in [5.41, 5.74) is 4.17. The zero-order chi connectivity index (χ0) is 6.28. The van der Waals surface area contributed by atoms with Crippen molar-refractivity contribution in [3.63, 3.8) is 0 Å². The quantitative estimate of drug-likeness (QED) is 0.395. The van der Waals surface area contributed by atoms with Crippen molar-refractivity contribution in [3.8, 4) is 0 Å². The number of carbonyl (C=O) groups is 2. The first-order chi connectivity index (χ1) is 3.15. The molecule has 0 bridgehead atoms. The van der Waals surface area contributed by atoms with Gasteiger partial charge in [0.25, 0.3) is 5.97 Å². The smallest absolute Gasteiger partial charge is 0.300 e. The molecule has 0 saturated heterocycles. The number of carboxylic acid groups (broad SMARTS) is 1. The Morgan fingerprint density at radius 1 is 1.86 bits per heavy atom. The van der Waals surface area contributed by atoms with E-state index in [1.165, 1.54) is 0 Å². The molecule has 0 aliphatic rings. The third-order valence-electron chi connectivity index (χ3n) is 0. The van der Waals surface area contributed by atoms with Gasteiger partial charge in [-0.3, -0.25) is 9.59 Å². The molecule has 0 unspecified atom stereocenters. The molecule has 0 aliphatic carbocycles. The molecule has 0 saturated carbocycles. The van der Waals surface area contributed by atoms with Crippen LogP contribution in [0.4, 0.5) is 0 Å². The molecular formula is C3H7NO3. The lowest BCUT2D eigenvalue weighted by Gasteiger charge is -1.59. The summed E-state index contributed by atoms with van der Waals surface area (Å²) in [5, 5.41) is 7.42. The number of carbonyl (C=O) groups excluding carboxylic acids is 1. The van der Waals surface area contributed by atoms with E-state index in [1.807, 2.05) is 0 Å². The first-order valence-electron chi connectivity index (χ1n) is 1.50. The van der Waals surface area contributed by atoms with Crippen LogP contribution < -0.4 is 5.73 Å². The van der Waals surface area contributed by atoms with Gasteiger partial charge in [0.15, 0.2) is 0 Å². The number of carboxylic acids is 1. The van der Waals surface area contributed by atoms with Crippen molar-refractivity contribution in [1.29, 1.82) is 0 Å². The van der Waals surface area contributed by atoms with Gasteiger partial charge in [0.05, 0.1) is 0 Å². The minimum absolute atomic E-state index is 0.250. The third kappa shape index (κ3) is 38.0. The number of nitrogens with two attached hydrogens (primary N) is 1. The SMILES string of the molecule is CC(=O)O.NC=O. The molecule has 7 heavy (non-hydrogen) atoms. The van der Waals surface area contributed by atoms with E-state index in [2.05, 4.69) is 5.73 Å². The van der Waals surface area contributed by atoms with Gasteiger partial charge in [-0.25, -0.2) is 0 Å². The fraction of sp³-hybridized carbons (Fsp3) is 0.333. The summed E-state index contributed by atoms with van der Waals surface area (Å²) in [6, 6.07) is 0. The van der Waals surface area contributed by atoms with E-state index in [4.69, 9.17) is 14.7 Å². The summed E-state index contributed by atoms with van der Waals surface area (Å²) in [4.78, 5) is 17.6. The van der Waals surface area contributed by atoms with Crippen molar-refractivity contribution in [1.82, 2.24) is 0 Å². The van der Waals surface area contributed by atoms with Gasteiger partial charge in [-0.15, -0.1) is 0 Å². The van der Waals surface area contributed by atoms with Crippen molar-refractivity contribution in [2.75, 3.05) is 0 Å². The predicted octanol–water partition coefficient (Wildman–Crippen LogP) is -0.808. The van der Waals surface area contributed by atoms with Crippen LogP contribution in [0, 0.1) is 0 Å². The molecule has 0 aromatic carbocycles. The van der Waals surface area contributed by atoms with Crippen LogP contribution in [-0.4, -0.2) is 17.5 Å². The first kappa shape index (κ1) is 9.34. The van der Waals surface area contributed by atoms with Crippen LogP contribution in [0.15, 0.2) is 0 Å². The first-order valence-corrected chi connectivity index (χ1v) is 1.50. The summed E-state index contributed by atoms with van der Waals surface area (Å²) in [6.07, 6.45) is 0.250. The number of amides is 1. The molecule has 0 atom stereocenters. The molecule has 0 radical (unpaired) electrons. The molecule has 0 rings (SSSR count). The van der Waals surface area contributed by atoms with Gasteiger partial charge in [-0.05, 0) is 0 Å². The molecule has 0 aromatic heterocycles. The molecule has 3 N–H and O–H groups in total. The average molecular weight is 105 g/mol. The van der Waals surface area contributed by atoms with Crippen LogP contribution in [0.5, 0.6) is 0 Å². The van der Waals surface area contributed by atoms with Crippen molar-refractivity contribution in [2.45, 2.75) is 6.92 Å². The average Bonchev–Trinajstić information content (AvgIpc) is 1.33. The number of hydrogen-bond donors (Lipinski definition) is 2. The number of aliphatic carboxylic acids is 1. The van der Waals surface area contributed by atoms with Crippen LogP contribution in [0.25, 0.3) is 0 Å². The second-order valence-corrected chi connectivity index (χ2v) is 0.655. The van der Waals surface area contributed by atoms with E-state index in [0.717, 1.165) is 6.92 Å². The van der Waals surface area contributed by atoms with Crippen LogP contribution in [0.2, 0.25) is 0 Å². The standard InChI is InChI=1S/C2H4O2.CH3NO/c1-2(3)4;2-1-3/h1H3,(H,3,4);1H,(H2,2,3). The number of primary amides is 1. The van der Waals surface area contributed by atoms with Crippen molar-refractivity contribution in [2.24, 2.45) is 5.73 Å². The highest BCUT2D eigenvalue weighted by Crippen LogP contribution is 1.42. The summed E-state index contributed by atoms with van der Waals surface area (Å²) in [7, 11) is 0. The third-order valence-corrected chi connectivity index (χ3v) is 0. The lowest BCUT2D eigenvalue weighted by atomic mass is 10.9. The highest BCUT2D eigenvalue weighted by atomic mass is 16.4. The molecule has 0 spiro atoms. The van der Waals surface area contributed by atoms with Crippen LogP contribution in [0.3, 0.4) is 0 Å². The Kier molecular flexibility index (Phi) is 11.8. The Labute approximate surface area is 40.9 Å². The lowest BCUT2D eigenvalue weighted by molar-refractivity contribution is -0.134. The second kappa shape index (κ2) is 8.87. The van der Waals surface area contributed by atoms with Gasteiger partial charge in [-0.2, -0.15) is 0 Å². The second-order valence-electron chi connectivity index (χ2n) is 0.655. The zero-order valence-corrected chi connectivity index (χ0v) is 3.92. The molecule has 4 heteroatoms. The Bertz CT molecular complexity index is 57.2. The monoisotopic (exact) mass is 105 g/mol. The molecule has 0 fully saturated rings. The van der Waals surface area contributed by atoms with Crippen molar-refractivity contribution < 1.29 is 14.7 Å². The van der Waals surface area contributed by atoms with Crippen molar-refractivity contribution >= 4 is 12.4 Å². The normalized spacial score (nSPS) is 5.29. The highest BCUT2D eigenvalue weighted by molar-refractivity contribution is 5.62. The van der Waals surface area contributed by atoms with E-state index in [1.54, 1.807) is 0 Å². The Morgan fingerprint density at radius 2 is 1.86 bits per heavy atom. The Morgan fingerprint density at radius 3 is 1.86 bits per heavy atom. The van der Waals surface area contributed by atoms with Gasteiger partial charge in [0.1, 0.15) is 0 Å². The van der Waals surface area contributed by atoms with Crippen LogP contribution in [-0.2, 0) is 9.59 Å². The summed E-state index contributed by atoms with van der Waals surface area (Å²) in [5.74, 6) is -0.833. The Hall–Kier alpha value is -1.06. The predicted molar refractivity (Wildman–Crippen MR) is 23.6 cm³/mol. The highest BCUT2D eigenvalue weighted by Gasteiger charge is 1.65. The summed E-state index contributed by atoms with van der Waals surface area (Å²) >= 11 is 0. The maximum atomic E-state index is 9.00. The number of hydrogen-bond acceptors (Lipinski definition) is 2. The maximum absolute atomic E-state index is 9.00. The fourth-order valence-electron chi connectivity index (χ4n) is 0. The van der Waals surface area contributed by atoms with Gasteiger partial charge in [-0.1, -0.05) is 0 Å². The summed E-state index contributed by atoms with van der Waals surface area (Å²) in [6.45, 7) is 1.08. The zero-order valence-electron chi connectivity index (χ0n) is 3.92. The molecule has 1 amide bonds. The van der Waals surface area contributed by atoms with Gasteiger partial charge < -0.3 is 10.8 Å². The lowest BCUT2D eigenvalue weighted by Crippen LogP contribution is -1.82. The van der Waals surface area contributed by atoms with Crippen LogP contribution in [0.1, 0.15) is 6.92 Å². The van der Waals surface area contributed by atoms with E-state index in [0.29, 0.717) is 0 Å². The van der Waals surface area contributed by atoms with Crippen molar-refractivity contribution in [3.05, 3.63) is 0 Å². The molecule has 4 nitrogen and oxygen atoms in total. The largest absolute Gasteiger partial charge is 0.481 e. The molecule has 0 aliphatic heterocycles. The van der Waals surface area contributed by atoms with Crippen LogP contribution >= 0.6 is 0 Å². The maximum Gasteiger partial charge on any atom is 0.300 e. The number of rotatable bonds is 0. The minimum atomic E-state index is -0.833. The van der Waals surface area contributed by atoms with Gasteiger partial charge in [0, 0.05) is 6.92 Å². The fourth-order valence-corrected chi connectivity index (χ4v) is 0. The minimum Gasteiger partial charge on any atom is -0.481 e.